The monoisotopic (exact) mass is 490 g/mol. The minimum absolute atomic E-state index is 0.000942. The predicted octanol–water partition coefficient (Wildman–Crippen LogP) is 3.39. The van der Waals surface area contributed by atoms with Crippen molar-refractivity contribution >= 4 is 12.0 Å². The third-order valence-electron chi connectivity index (χ3n) is 8.41. The van der Waals surface area contributed by atoms with Crippen molar-refractivity contribution in [3.8, 4) is 5.75 Å². The molecule has 1 aromatic carbocycles. The van der Waals surface area contributed by atoms with Crippen LogP contribution >= 0.6 is 0 Å². The van der Waals surface area contributed by atoms with Crippen molar-refractivity contribution in [1.29, 1.82) is 0 Å². The summed E-state index contributed by atoms with van der Waals surface area (Å²) in [5, 5.41) is 27.2. The van der Waals surface area contributed by atoms with Gasteiger partial charge in [0.05, 0.1) is 19.8 Å². The van der Waals surface area contributed by atoms with Crippen LogP contribution in [-0.4, -0.2) is 54.2 Å². The number of aliphatic hydroxyl groups is 2. The van der Waals surface area contributed by atoms with Gasteiger partial charge in [-0.2, -0.15) is 0 Å². The quantitative estimate of drug-likeness (QED) is 0.444. The van der Waals surface area contributed by atoms with E-state index >= 15 is 0 Å². The zero-order chi connectivity index (χ0) is 25.8. The van der Waals surface area contributed by atoms with Crippen LogP contribution in [0, 0.1) is 22.7 Å². The van der Waals surface area contributed by atoms with E-state index in [1.165, 1.54) is 0 Å². The minimum Gasteiger partial charge on any atom is -0.496 e. The van der Waals surface area contributed by atoms with Gasteiger partial charge in [-0.05, 0) is 62.8 Å². The van der Waals surface area contributed by atoms with Crippen LogP contribution in [0.4, 0.5) is 4.79 Å². The molecule has 2 fully saturated rings. The summed E-state index contributed by atoms with van der Waals surface area (Å²) >= 11 is 0. The Labute approximate surface area is 208 Å². The first-order valence-corrected chi connectivity index (χ1v) is 12.7. The highest BCUT2D eigenvalue weighted by molar-refractivity contribution is 5.76. The van der Waals surface area contributed by atoms with Crippen LogP contribution in [0.15, 0.2) is 24.3 Å². The van der Waals surface area contributed by atoms with Gasteiger partial charge in [-0.15, -0.1) is 0 Å². The average Bonchev–Trinajstić information content (AvgIpc) is 2.81. The zero-order valence-corrected chi connectivity index (χ0v) is 21.7. The molecule has 2 aliphatic carbocycles. The number of benzene rings is 1. The molecule has 2 amide bonds. The molecular formula is C27H42N2O6. The molecule has 2 aliphatic rings. The second kappa shape index (κ2) is 11.2. The molecule has 1 aromatic rings. The Balaban J connectivity index is 1.73. The number of hydrogen-bond acceptors (Lipinski definition) is 6. The SMILES string of the molecule is COc1ccccc1CNC(=O)CC1C(O)CCC2C(C)(CO)C(OC(=O)NC(C)C)CCC12C. The molecule has 0 spiro atoms. The van der Waals surface area contributed by atoms with Crippen LogP contribution in [0.25, 0.3) is 0 Å². The zero-order valence-electron chi connectivity index (χ0n) is 21.7. The highest BCUT2D eigenvalue weighted by atomic mass is 16.6. The number of methoxy groups -OCH3 is 1. The van der Waals surface area contributed by atoms with Crippen LogP contribution in [0.2, 0.25) is 0 Å². The maximum atomic E-state index is 13.0. The van der Waals surface area contributed by atoms with Gasteiger partial charge >= 0.3 is 6.09 Å². The van der Waals surface area contributed by atoms with E-state index in [0.717, 1.165) is 11.3 Å². The normalized spacial score (nSPS) is 32.5. The van der Waals surface area contributed by atoms with E-state index in [1.54, 1.807) is 7.11 Å². The summed E-state index contributed by atoms with van der Waals surface area (Å²) in [6, 6.07) is 7.51. The number of rotatable bonds is 8. The van der Waals surface area contributed by atoms with Gasteiger partial charge in [0.1, 0.15) is 11.9 Å². The molecule has 0 aromatic heterocycles. The molecule has 0 radical (unpaired) electrons. The Hall–Kier alpha value is -2.32. The topological polar surface area (TPSA) is 117 Å². The molecule has 0 heterocycles. The third kappa shape index (κ3) is 5.75. The lowest BCUT2D eigenvalue weighted by Gasteiger charge is -2.60. The molecule has 8 nitrogen and oxygen atoms in total. The largest absolute Gasteiger partial charge is 0.496 e. The summed E-state index contributed by atoms with van der Waals surface area (Å²) in [6.07, 6.45) is 1.22. The van der Waals surface area contributed by atoms with Crippen LogP contribution in [0.1, 0.15) is 65.4 Å². The van der Waals surface area contributed by atoms with Crippen molar-refractivity contribution in [2.45, 2.75) is 84.6 Å². The fraction of sp³-hybridized carbons (Fsp3) is 0.704. The highest BCUT2D eigenvalue weighted by Gasteiger charge is 2.60. The van der Waals surface area contributed by atoms with Crippen LogP contribution in [-0.2, 0) is 16.1 Å². The van der Waals surface area contributed by atoms with Crippen LogP contribution in [0.3, 0.4) is 0 Å². The summed E-state index contributed by atoms with van der Waals surface area (Å²) in [5.74, 6) is 0.342. The van der Waals surface area contributed by atoms with Gasteiger partial charge in [-0.1, -0.05) is 32.0 Å². The number of amides is 2. The summed E-state index contributed by atoms with van der Waals surface area (Å²) in [4.78, 5) is 25.3. The Morgan fingerprint density at radius 2 is 1.89 bits per heavy atom. The fourth-order valence-corrected chi connectivity index (χ4v) is 6.49. The number of fused-ring (bicyclic) bond motifs is 1. The molecule has 35 heavy (non-hydrogen) atoms. The number of alkyl carbamates (subject to hydrolysis) is 1. The maximum absolute atomic E-state index is 13.0. The van der Waals surface area contributed by atoms with Crippen LogP contribution in [0.5, 0.6) is 5.75 Å². The number of carbonyl (C=O) groups is 2. The molecule has 0 aliphatic heterocycles. The van der Waals surface area contributed by atoms with E-state index in [1.807, 2.05) is 45.0 Å². The average molecular weight is 491 g/mol. The van der Waals surface area contributed by atoms with E-state index < -0.39 is 23.7 Å². The van der Waals surface area contributed by atoms with Crippen molar-refractivity contribution in [3.05, 3.63) is 29.8 Å². The number of nitrogens with one attached hydrogen (secondary N) is 2. The second-order valence-corrected chi connectivity index (χ2v) is 11.0. The standard InChI is InChI=1S/C27H42N2O6/c1-17(2)29-25(33)35-23-12-13-26(3)19(20(31)10-11-22(26)27(23,4)16-30)14-24(32)28-15-18-8-6-7-9-21(18)34-5/h6-9,17,19-20,22-23,30-31H,10-16H2,1-5H3,(H,28,32)(H,29,33). The van der Waals surface area contributed by atoms with E-state index in [4.69, 9.17) is 9.47 Å². The van der Waals surface area contributed by atoms with Crippen molar-refractivity contribution in [2.24, 2.45) is 22.7 Å². The van der Waals surface area contributed by atoms with E-state index in [2.05, 4.69) is 17.6 Å². The number of para-hydroxylation sites is 1. The Bertz CT molecular complexity index is 892. The molecule has 6 unspecified atom stereocenters. The lowest BCUT2D eigenvalue weighted by atomic mass is 9.46. The van der Waals surface area contributed by atoms with Gasteiger partial charge in [0.2, 0.25) is 5.91 Å². The van der Waals surface area contributed by atoms with Gasteiger partial charge < -0.3 is 30.3 Å². The van der Waals surface area contributed by atoms with Crippen molar-refractivity contribution in [1.82, 2.24) is 10.6 Å². The van der Waals surface area contributed by atoms with Crippen molar-refractivity contribution in [2.75, 3.05) is 13.7 Å². The molecule has 8 heteroatoms. The number of aliphatic hydroxyl groups excluding tert-OH is 2. The van der Waals surface area contributed by atoms with E-state index in [-0.39, 0.29) is 42.2 Å². The second-order valence-electron chi connectivity index (χ2n) is 11.0. The van der Waals surface area contributed by atoms with Crippen molar-refractivity contribution < 1.29 is 29.3 Å². The highest BCUT2D eigenvalue weighted by Crippen LogP contribution is 2.61. The Morgan fingerprint density at radius 1 is 1.17 bits per heavy atom. The first-order chi connectivity index (χ1) is 16.5. The smallest absolute Gasteiger partial charge is 0.407 e. The molecule has 2 saturated carbocycles. The van der Waals surface area contributed by atoms with Crippen molar-refractivity contribution in [3.63, 3.8) is 0 Å². The first-order valence-electron chi connectivity index (χ1n) is 12.7. The maximum Gasteiger partial charge on any atom is 0.407 e. The molecule has 6 atom stereocenters. The summed E-state index contributed by atoms with van der Waals surface area (Å²) in [6.45, 7) is 8.05. The van der Waals surface area contributed by atoms with Gasteiger partial charge in [0.15, 0.2) is 0 Å². The summed E-state index contributed by atoms with van der Waals surface area (Å²) in [5.41, 5.74) is -0.138. The fourth-order valence-electron chi connectivity index (χ4n) is 6.49. The molecule has 196 valence electrons. The summed E-state index contributed by atoms with van der Waals surface area (Å²) in [7, 11) is 1.60. The number of ether oxygens (including phenoxy) is 2. The minimum atomic E-state index is -0.659. The Morgan fingerprint density at radius 3 is 2.54 bits per heavy atom. The van der Waals surface area contributed by atoms with Crippen LogP contribution < -0.4 is 15.4 Å². The van der Waals surface area contributed by atoms with Gasteiger partial charge in [-0.3, -0.25) is 4.79 Å². The van der Waals surface area contributed by atoms with E-state index in [0.29, 0.717) is 32.2 Å². The lowest BCUT2D eigenvalue weighted by molar-refractivity contribution is -0.186. The van der Waals surface area contributed by atoms with Gasteiger partial charge in [0.25, 0.3) is 0 Å². The lowest BCUT2D eigenvalue weighted by Crippen LogP contribution is -2.61. The molecular weight excluding hydrogens is 448 g/mol. The Kier molecular flexibility index (Phi) is 8.70. The molecule has 0 saturated heterocycles. The van der Waals surface area contributed by atoms with Gasteiger partial charge in [0, 0.05) is 30.0 Å². The summed E-state index contributed by atoms with van der Waals surface area (Å²) < 4.78 is 11.2. The number of carbonyl (C=O) groups excluding carboxylic acids is 2. The predicted molar refractivity (Wildman–Crippen MR) is 133 cm³/mol. The number of hydrogen-bond donors (Lipinski definition) is 4. The van der Waals surface area contributed by atoms with E-state index in [9.17, 15) is 19.8 Å². The van der Waals surface area contributed by atoms with Gasteiger partial charge in [-0.25, -0.2) is 4.79 Å². The first kappa shape index (κ1) is 27.3. The molecule has 3 rings (SSSR count). The molecule has 0 bridgehead atoms. The molecule has 4 N–H and O–H groups in total. The third-order valence-corrected chi connectivity index (χ3v) is 8.41.